The lowest BCUT2D eigenvalue weighted by Gasteiger charge is -2.30. The van der Waals surface area contributed by atoms with Gasteiger partial charge in [-0.1, -0.05) is 0 Å². The molecule has 2 atom stereocenters. The Morgan fingerprint density at radius 1 is 1.36 bits per heavy atom. The molecule has 0 aliphatic carbocycles. The van der Waals surface area contributed by atoms with Gasteiger partial charge in [0.15, 0.2) is 0 Å². The highest BCUT2D eigenvalue weighted by molar-refractivity contribution is 5.76. The topological polar surface area (TPSA) is 32.3 Å². The second kappa shape index (κ2) is 4.30. The number of likely N-dealkylation sites (tertiary alicyclic amines) is 1. The van der Waals surface area contributed by atoms with Crippen LogP contribution in [0.4, 0.5) is 0 Å². The van der Waals surface area contributed by atoms with E-state index in [9.17, 15) is 4.79 Å². The molecule has 0 saturated carbocycles. The number of nitrogens with zero attached hydrogens (tertiary/aromatic N) is 1. The molecule has 14 heavy (non-hydrogen) atoms. The van der Waals surface area contributed by atoms with Gasteiger partial charge >= 0.3 is 0 Å². The van der Waals surface area contributed by atoms with E-state index in [4.69, 9.17) is 0 Å². The maximum atomic E-state index is 11.7. The number of fused-ring (bicyclic) bond motifs is 1. The first-order chi connectivity index (χ1) is 6.79. The predicted molar refractivity (Wildman–Crippen MR) is 56.0 cm³/mol. The number of rotatable bonds is 0. The molecule has 2 heterocycles. The Kier molecular flexibility index (Phi) is 3.06. The molecule has 0 radical (unpaired) electrons. The number of likely N-dealkylation sites (N-methyl/N-ethyl adjacent to an activating group) is 1. The molecule has 0 aromatic heterocycles. The summed E-state index contributed by atoms with van der Waals surface area (Å²) in [5, 5.41) is 3.43. The molecule has 0 spiro atoms. The van der Waals surface area contributed by atoms with Crippen molar-refractivity contribution in [2.24, 2.45) is 5.92 Å². The molecule has 0 bridgehead atoms. The molecule has 2 aliphatic rings. The van der Waals surface area contributed by atoms with Crippen LogP contribution in [-0.4, -0.2) is 37.0 Å². The monoisotopic (exact) mass is 196 g/mol. The van der Waals surface area contributed by atoms with Crippen molar-refractivity contribution in [3.05, 3.63) is 0 Å². The third-order valence-corrected chi connectivity index (χ3v) is 3.68. The van der Waals surface area contributed by atoms with Gasteiger partial charge in [-0.3, -0.25) is 4.79 Å². The van der Waals surface area contributed by atoms with Gasteiger partial charge in [-0.2, -0.15) is 0 Å². The van der Waals surface area contributed by atoms with Gasteiger partial charge < -0.3 is 10.2 Å². The Hall–Kier alpha value is -0.570. The van der Waals surface area contributed by atoms with E-state index in [0.717, 1.165) is 31.8 Å². The van der Waals surface area contributed by atoms with Crippen LogP contribution in [0.15, 0.2) is 0 Å². The van der Waals surface area contributed by atoms with Crippen LogP contribution >= 0.6 is 0 Å². The highest BCUT2D eigenvalue weighted by atomic mass is 16.2. The third kappa shape index (κ3) is 1.92. The normalized spacial score (nSPS) is 34.6. The number of carbonyl (C=O) groups excluding carboxylic acids is 1. The van der Waals surface area contributed by atoms with Crippen molar-refractivity contribution in [2.45, 2.75) is 38.1 Å². The number of carbonyl (C=O) groups is 1. The Bertz CT molecular complexity index is 217. The number of amides is 1. The first-order valence-electron chi connectivity index (χ1n) is 5.75. The molecule has 2 fully saturated rings. The van der Waals surface area contributed by atoms with Crippen molar-refractivity contribution >= 4 is 5.91 Å². The van der Waals surface area contributed by atoms with Gasteiger partial charge in [-0.05, 0) is 38.1 Å². The lowest BCUT2D eigenvalue weighted by Crippen LogP contribution is -2.44. The fourth-order valence-electron chi connectivity index (χ4n) is 2.76. The van der Waals surface area contributed by atoms with Crippen molar-refractivity contribution in [2.75, 3.05) is 20.1 Å². The van der Waals surface area contributed by atoms with E-state index in [1.54, 1.807) is 0 Å². The van der Waals surface area contributed by atoms with E-state index >= 15 is 0 Å². The summed E-state index contributed by atoms with van der Waals surface area (Å²) >= 11 is 0. The highest BCUT2D eigenvalue weighted by Gasteiger charge is 2.31. The molecule has 3 nitrogen and oxygen atoms in total. The van der Waals surface area contributed by atoms with Gasteiger partial charge in [0.25, 0.3) is 0 Å². The van der Waals surface area contributed by atoms with Gasteiger partial charge in [0.2, 0.25) is 5.91 Å². The van der Waals surface area contributed by atoms with Gasteiger partial charge in [0.1, 0.15) is 0 Å². The minimum Gasteiger partial charge on any atom is -0.341 e. The largest absolute Gasteiger partial charge is 0.341 e. The van der Waals surface area contributed by atoms with Gasteiger partial charge in [0, 0.05) is 26.1 Å². The lowest BCUT2D eigenvalue weighted by molar-refractivity contribution is -0.131. The zero-order valence-corrected chi connectivity index (χ0v) is 8.96. The number of hydrogen-bond acceptors (Lipinski definition) is 2. The van der Waals surface area contributed by atoms with Crippen molar-refractivity contribution in [3.8, 4) is 0 Å². The Morgan fingerprint density at radius 3 is 3.00 bits per heavy atom. The van der Waals surface area contributed by atoms with E-state index in [1.807, 2.05) is 11.9 Å². The molecule has 80 valence electrons. The summed E-state index contributed by atoms with van der Waals surface area (Å²) in [6, 6.07) is 0.451. The maximum absolute atomic E-state index is 11.7. The summed E-state index contributed by atoms with van der Waals surface area (Å²) in [6.45, 7) is 2.11. The fraction of sp³-hybridized carbons (Fsp3) is 0.909. The third-order valence-electron chi connectivity index (χ3n) is 3.68. The summed E-state index contributed by atoms with van der Waals surface area (Å²) in [5.41, 5.74) is 0. The first kappa shape index (κ1) is 9.97. The van der Waals surface area contributed by atoms with Gasteiger partial charge in [-0.25, -0.2) is 0 Å². The highest BCUT2D eigenvalue weighted by Crippen LogP contribution is 2.27. The zero-order valence-electron chi connectivity index (χ0n) is 8.96. The number of hydrogen-bond donors (Lipinski definition) is 1. The van der Waals surface area contributed by atoms with Crippen LogP contribution in [0.25, 0.3) is 0 Å². The smallest absolute Gasteiger partial charge is 0.222 e. The lowest BCUT2D eigenvalue weighted by atomic mass is 9.91. The van der Waals surface area contributed by atoms with Crippen molar-refractivity contribution in [1.82, 2.24) is 10.2 Å². The standard InChI is InChI=1S/C11H20N2O/c1-13-10-8-12-7-3-5-9(10)4-2-6-11(13)14/h9-10,12H,2-8H2,1H3/t9-,10-/m1/s1. The zero-order chi connectivity index (χ0) is 9.97. The SMILES string of the molecule is CN1C(=O)CCC[C@@H]2CCCNC[C@H]21. The summed E-state index contributed by atoms with van der Waals surface area (Å²) in [5.74, 6) is 1.07. The molecule has 2 rings (SSSR count). The first-order valence-corrected chi connectivity index (χ1v) is 5.75. The molecule has 2 saturated heterocycles. The second-order valence-electron chi connectivity index (χ2n) is 4.57. The molecule has 2 aliphatic heterocycles. The molecule has 1 N–H and O–H groups in total. The van der Waals surface area contributed by atoms with E-state index in [-0.39, 0.29) is 0 Å². The molecule has 0 unspecified atom stereocenters. The van der Waals surface area contributed by atoms with Crippen LogP contribution in [0, 0.1) is 5.92 Å². The van der Waals surface area contributed by atoms with Gasteiger partial charge in [0.05, 0.1) is 0 Å². The minimum atomic E-state index is 0.334. The van der Waals surface area contributed by atoms with Crippen LogP contribution in [0.1, 0.15) is 32.1 Å². The summed E-state index contributed by atoms with van der Waals surface area (Å²) in [6.07, 6.45) is 5.63. The minimum absolute atomic E-state index is 0.334. The van der Waals surface area contributed by atoms with Crippen molar-refractivity contribution < 1.29 is 4.79 Å². The molecule has 0 aromatic carbocycles. The Morgan fingerprint density at radius 2 is 2.14 bits per heavy atom. The van der Waals surface area contributed by atoms with Gasteiger partial charge in [-0.15, -0.1) is 0 Å². The Labute approximate surface area is 85.8 Å². The van der Waals surface area contributed by atoms with Crippen LogP contribution in [0.5, 0.6) is 0 Å². The average molecular weight is 196 g/mol. The second-order valence-corrected chi connectivity index (χ2v) is 4.57. The van der Waals surface area contributed by atoms with Crippen LogP contribution < -0.4 is 5.32 Å². The summed E-state index contributed by atoms with van der Waals surface area (Å²) < 4.78 is 0. The summed E-state index contributed by atoms with van der Waals surface area (Å²) in [4.78, 5) is 13.7. The molecule has 1 amide bonds. The summed E-state index contributed by atoms with van der Waals surface area (Å²) in [7, 11) is 1.97. The molecule has 0 aromatic rings. The van der Waals surface area contributed by atoms with Crippen LogP contribution in [0.3, 0.4) is 0 Å². The number of nitrogens with one attached hydrogen (secondary N) is 1. The van der Waals surface area contributed by atoms with E-state index in [0.29, 0.717) is 11.9 Å². The maximum Gasteiger partial charge on any atom is 0.222 e. The molecular weight excluding hydrogens is 176 g/mol. The van der Waals surface area contributed by atoms with Crippen LogP contribution in [-0.2, 0) is 4.79 Å². The Balaban J connectivity index is 2.11. The molecule has 3 heteroatoms. The predicted octanol–water partition coefficient (Wildman–Crippen LogP) is 0.997. The quantitative estimate of drug-likeness (QED) is 0.627. The van der Waals surface area contributed by atoms with Crippen molar-refractivity contribution in [3.63, 3.8) is 0 Å². The average Bonchev–Trinajstić information content (AvgIpc) is 2.46. The van der Waals surface area contributed by atoms with E-state index < -0.39 is 0 Å². The van der Waals surface area contributed by atoms with E-state index in [2.05, 4.69) is 5.32 Å². The molecular formula is C11H20N2O. The van der Waals surface area contributed by atoms with E-state index in [1.165, 1.54) is 19.3 Å². The van der Waals surface area contributed by atoms with Crippen LogP contribution in [0.2, 0.25) is 0 Å². The fourth-order valence-corrected chi connectivity index (χ4v) is 2.76. The van der Waals surface area contributed by atoms with Crippen molar-refractivity contribution in [1.29, 1.82) is 0 Å².